The average molecular weight is 332 g/mol. The van der Waals surface area contributed by atoms with Gasteiger partial charge in [0.1, 0.15) is 0 Å². The number of guanidine groups is 1. The van der Waals surface area contributed by atoms with E-state index in [9.17, 15) is 0 Å². The predicted octanol–water partition coefficient (Wildman–Crippen LogP) is 4.02. The SMILES string of the molecule is NC(=NCCc1c[nH]c2ccccc12)Nc1cccc2c1CCCC2. The van der Waals surface area contributed by atoms with Crippen molar-refractivity contribution in [1.82, 2.24) is 4.98 Å². The Hall–Kier alpha value is -2.75. The highest BCUT2D eigenvalue weighted by Crippen LogP contribution is 2.27. The molecule has 0 amide bonds. The molecule has 0 radical (unpaired) electrons. The Morgan fingerprint density at radius 1 is 1.08 bits per heavy atom. The molecular formula is C21H24N4. The molecule has 4 N–H and O–H groups in total. The molecule has 128 valence electrons. The normalized spacial score (nSPS) is 14.5. The van der Waals surface area contributed by atoms with Gasteiger partial charge in [-0.25, -0.2) is 0 Å². The molecule has 0 atom stereocenters. The summed E-state index contributed by atoms with van der Waals surface area (Å²) in [6.45, 7) is 0.676. The van der Waals surface area contributed by atoms with Gasteiger partial charge in [-0.3, -0.25) is 4.99 Å². The molecule has 1 aliphatic rings. The van der Waals surface area contributed by atoms with Gasteiger partial charge < -0.3 is 16.0 Å². The first kappa shape index (κ1) is 15.8. The van der Waals surface area contributed by atoms with E-state index in [1.165, 1.54) is 46.9 Å². The minimum Gasteiger partial charge on any atom is -0.370 e. The fourth-order valence-electron chi connectivity index (χ4n) is 3.71. The molecule has 0 fully saturated rings. The van der Waals surface area contributed by atoms with Gasteiger partial charge in [-0.15, -0.1) is 0 Å². The topological polar surface area (TPSA) is 66.2 Å². The number of H-pyrrole nitrogens is 1. The van der Waals surface area contributed by atoms with Gasteiger partial charge in [-0.2, -0.15) is 0 Å². The number of hydrogen-bond acceptors (Lipinski definition) is 1. The molecule has 25 heavy (non-hydrogen) atoms. The zero-order valence-corrected chi connectivity index (χ0v) is 14.4. The number of nitrogens with one attached hydrogen (secondary N) is 2. The Labute approximate surface area is 148 Å². The van der Waals surface area contributed by atoms with E-state index < -0.39 is 0 Å². The van der Waals surface area contributed by atoms with Crippen molar-refractivity contribution >= 4 is 22.5 Å². The number of aromatic amines is 1. The van der Waals surface area contributed by atoms with Crippen LogP contribution in [0.25, 0.3) is 10.9 Å². The molecular weight excluding hydrogens is 308 g/mol. The summed E-state index contributed by atoms with van der Waals surface area (Å²) in [4.78, 5) is 7.82. The first-order chi connectivity index (χ1) is 12.3. The van der Waals surface area contributed by atoms with Gasteiger partial charge in [0.15, 0.2) is 5.96 Å². The molecule has 0 saturated carbocycles. The van der Waals surface area contributed by atoms with E-state index >= 15 is 0 Å². The smallest absolute Gasteiger partial charge is 0.193 e. The van der Waals surface area contributed by atoms with Crippen LogP contribution in [0.4, 0.5) is 5.69 Å². The van der Waals surface area contributed by atoms with Crippen LogP contribution < -0.4 is 11.1 Å². The zero-order chi connectivity index (χ0) is 17.1. The van der Waals surface area contributed by atoms with Crippen LogP contribution in [-0.2, 0) is 19.3 Å². The lowest BCUT2D eigenvalue weighted by Crippen LogP contribution is -2.24. The maximum absolute atomic E-state index is 6.12. The van der Waals surface area contributed by atoms with Gasteiger partial charge in [0.25, 0.3) is 0 Å². The van der Waals surface area contributed by atoms with Crippen molar-refractivity contribution in [2.75, 3.05) is 11.9 Å². The predicted molar refractivity (Wildman–Crippen MR) is 105 cm³/mol. The zero-order valence-electron chi connectivity index (χ0n) is 14.4. The average Bonchev–Trinajstić information content (AvgIpc) is 3.05. The molecule has 4 rings (SSSR count). The Bertz CT molecular complexity index is 907. The lowest BCUT2D eigenvalue weighted by atomic mass is 9.90. The first-order valence-corrected chi connectivity index (χ1v) is 9.04. The fraction of sp³-hybridized carbons (Fsp3) is 0.286. The molecule has 0 unspecified atom stereocenters. The van der Waals surface area contributed by atoms with Crippen molar-refractivity contribution < 1.29 is 0 Å². The maximum atomic E-state index is 6.12. The monoisotopic (exact) mass is 332 g/mol. The van der Waals surface area contributed by atoms with E-state index in [1.54, 1.807) is 0 Å². The van der Waals surface area contributed by atoms with Crippen molar-refractivity contribution in [2.45, 2.75) is 32.1 Å². The summed E-state index contributed by atoms with van der Waals surface area (Å²) in [6, 6.07) is 14.8. The number of aromatic nitrogens is 1. The van der Waals surface area contributed by atoms with Crippen LogP contribution in [0.1, 0.15) is 29.5 Å². The number of aliphatic imine (C=N–C) groups is 1. The number of para-hydroxylation sites is 1. The highest BCUT2D eigenvalue weighted by Gasteiger charge is 2.13. The second-order valence-corrected chi connectivity index (χ2v) is 6.65. The molecule has 1 heterocycles. The molecule has 0 saturated heterocycles. The number of rotatable bonds is 4. The number of aryl methyl sites for hydroxylation is 1. The van der Waals surface area contributed by atoms with E-state index in [2.05, 4.69) is 57.9 Å². The van der Waals surface area contributed by atoms with Crippen molar-refractivity contribution in [3.8, 4) is 0 Å². The van der Waals surface area contributed by atoms with Crippen molar-refractivity contribution in [1.29, 1.82) is 0 Å². The van der Waals surface area contributed by atoms with Gasteiger partial charge in [0, 0.05) is 29.3 Å². The van der Waals surface area contributed by atoms with Crippen molar-refractivity contribution in [3.05, 3.63) is 65.4 Å². The summed E-state index contributed by atoms with van der Waals surface area (Å²) in [5.74, 6) is 0.499. The van der Waals surface area contributed by atoms with Gasteiger partial charge in [-0.1, -0.05) is 30.3 Å². The third-order valence-corrected chi connectivity index (χ3v) is 5.00. The van der Waals surface area contributed by atoms with E-state index in [0.717, 1.165) is 18.5 Å². The summed E-state index contributed by atoms with van der Waals surface area (Å²) < 4.78 is 0. The van der Waals surface area contributed by atoms with Crippen LogP contribution in [-0.4, -0.2) is 17.5 Å². The largest absolute Gasteiger partial charge is 0.370 e. The van der Waals surface area contributed by atoms with E-state index in [4.69, 9.17) is 5.73 Å². The van der Waals surface area contributed by atoms with E-state index in [-0.39, 0.29) is 0 Å². The van der Waals surface area contributed by atoms with Gasteiger partial charge in [0.2, 0.25) is 0 Å². The third-order valence-electron chi connectivity index (χ3n) is 5.00. The highest BCUT2D eigenvalue weighted by atomic mass is 15.1. The van der Waals surface area contributed by atoms with Crippen LogP contribution in [0.2, 0.25) is 0 Å². The molecule has 0 aliphatic heterocycles. The van der Waals surface area contributed by atoms with Gasteiger partial charge in [0.05, 0.1) is 0 Å². The number of anilines is 1. The van der Waals surface area contributed by atoms with E-state index in [1.807, 2.05) is 6.07 Å². The standard InChI is InChI=1S/C21H24N4/c22-21(25-20-11-5-7-15-6-1-2-8-17(15)20)23-13-12-16-14-24-19-10-4-3-9-18(16)19/h3-5,7,9-11,14,24H,1-2,6,8,12-13H2,(H3,22,23,25). The molecule has 0 bridgehead atoms. The van der Waals surface area contributed by atoms with Crippen LogP contribution in [0.5, 0.6) is 0 Å². The molecule has 1 aromatic heterocycles. The second kappa shape index (κ2) is 7.01. The second-order valence-electron chi connectivity index (χ2n) is 6.65. The van der Waals surface area contributed by atoms with Gasteiger partial charge in [-0.05, 0) is 60.9 Å². The first-order valence-electron chi connectivity index (χ1n) is 9.04. The Morgan fingerprint density at radius 2 is 1.96 bits per heavy atom. The summed E-state index contributed by atoms with van der Waals surface area (Å²) in [7, 11) is 0. The lowest BCUT2D eigenvalue weighted by Gasteiger charge is -2.19. The Balaban J connectivity index is 1.42. The van der Waals surface area contributed by atoms with E-state index in [0.29, 0.717) is 12.5 Å². The quantitative estimate of drug-likeness (QED) is 0.499. The molecule has 2 aromatic carbocycles. The number of benzene rings is 2. The molecule has 1 aliphatic carbocycles. The van der Waals surface area contributed by atoms with Gasteiger partial charge >= 0.3 is 0 Å². The minimum atomic E-state index is 0.499. The number of nitrogens with zero attached hydrogens (tertiary/aromatic N) is 1. The molecule has 0 spiro atoms. The Kier molecular flexibility index (Phi) is 4.42. The summed E-state index contributed by atoms with van der Waals surface area (Å²) in [5, 5.41) is 4.57. The van der Waals surface area contributed by atoms with Crippen molar-refractivity contribution in [3.63, 3.8) is 0 Å². The third kappa shape index (κ3) is 3.38. The highest BCUT2D eigenvalue weighted by molar-refractivity contribution is 5.93. The summed E-state index contributed by atoms with van der Waals surface area (Å²) >= 11 is 0. The van der Waals surface area contributed by atoms with Crippen LogP contribution in [0.3, 0.4) is 0 Å². The number of hydrogen-bond donors (Lipinski definition) is 3. The molecule has 4 nitrogen and oxygen atoms in total. The molecule has 3 aromatic rings. The van der Waals surface area contributed by atoms with Crippen LogP contribution in [0.15, 0.2) is 53.7 Å². The fourth-order valence-corrected chi connectivity index (χ4v) is 3.71. The molecule has 4 heteroatoms. The summed E-state index contributed by atoms with van der Waals surface area (Å²) in [5.41, 5.74) is 12.5. The number of fused-ring (bicyclic) bond motifs is 2. The van der Waals surface area contributed by atoms with Crippen LogP contribution >= 0.6 is 0 Å². The number of nitrogens with two attached hydrogens (primary N) is 1. The van der Waals surface area contributed by atoms with Crippen molar-refractivity contribution in [2.24, 2.45) is 10.7 Å². The summed E-state index contributed by atoms with van der Waals surface area (Å²) in [6.07, 6.45) is 7.77. The van der Waals surface area contributed by atoms with Crippen LogP contribution in [0, 0.1) is 0 Å². The Morgan fingerprint density at radius 3 is 2.92 bits per heavy atom. The lowest BCUT2D eigenvalue weighted by molar-refractivity contribution is 0.687. The minimum absolute atomic E-state index is 0.499. The maximum Gasteiger partial charge on any atom is 0.193 e.